The summed E-state index contributed by atoms with van der Waals surface area (Å²) in [5.74, 6) is 0.766. The summed E-state index contributed by atoms with van der Waals surface area (Å²) in [6, 6.07) is 1.94. The molecule has 17 heavy (non-hydrogen) atoms. The van der Waals surface area contributed by atoms with Gasteiger partial charge in [0.2, 0.25) is 0 Å². The molecule has 0 spiro atoms. The van der Waals surface area contributed by atoms with Crippen LogP contribution in [0.3, 0.4) is 0 Å². The van der Waals surface area contributed by atoms with Gasteiger partial charge in [0.05, 0.1) is 17.4 Å². The molecule has 1 aliphatic carbocycles. The Morgan fingerprint density at radius 1 is 1.53 bits per heavy atom. The second-order valence-corrected chi connectivity index (χ2v) is 4.79. The number of carbonyl (C=O) groups excluding carboxylic acids is 1. The Kier molecular flexibility index (Phi) is 3.17. The number of rotatable bonds is 3. The SMILES string of the molecule is CC1CCC(Nc2ncc(N)cc2C(N)=O)C1. The van der Waals surface area contributed by atoms with E-state index in [-0.39, 0.29) is 0 Å². The van der Waals surface area contributed by atoms with E-state index in [2.05, 4.69) is 17.2 Å². The van der Waals surface area contributed by atoms with Gasteiger partial charge in [0.25, 0.3) is 5.91 Å². The molecular formula is C12H18N4O. The number of primary amides is 1. The molecule has 1 aromatic heterocycles. The lowest BCUT2D eigenvalue weighted by Gasteiger charge is -2.15. The van der Waals surface area contributed by atoms with Crippen LogP contribution >= 0.6 is 0 Å². The quantitative estimate of drug-likeness (QED) is 0.736. The first-order valence-corrected chi connectivity index (χ1v) is 5.88. The maximum atomic E-state index is 11.3. The maximum absolute atomic E-state index is 11.3. The molecule has 2 rings (SSSR count). The molecule has 2 atom stereocenters. The molecule has 5 N–H and O–H groups in total. The molecule has 5 heteroatoms. The van der Waals surface area contributed by atoms with Crippen LogP contribution in [0, 0.1) is 5.92 Å². The van der Waals surface area contributed by atoms with Gasteiger partial charge in [0, 0.05) is 6.04 Å². The van der Waals surface area contributed by atoms with E-state index >= 15 is 0 Å². The molecule has 92 valence electrons. The van der Waals surface area contributed by atoms with E-state index < -0.39 is 5.91 Å². The number of pyridine rings is 1. The molecule has 0 saturated heterocycles. The van der Waals surface area contributed by atoms with Crippen molar-refractivity contribution in [3.8, 4) is 0 Å². The summed E-state index contributed by atoms with van der Waals surface area (Å²) in [6.45, 7) is 2.23. The first kappa shape index (κ1) is 11.7. The van der Waals surface area contributed by atoms with Crippen molar-refractivity contribution in [3.05, 3.63) is 17.8 Å². The van der Waals surface area contributed by atoms with Crippen LogP contribution in [0.4, 0.5) is 11.5 Å². The average molecular weight is 234 g/mol. The van der Waals surface area contributed by atoms with E-state index in [1.165, 1.54) is 12.6 Å². The zero-order valence-electron chi connectivity index (χ0n) is 9.94. The van der Waals surface area contributed by atoms with Gasteiger partial charge in [-0.2, -0.15) is 0 Å². The first-order valence-electron chi connectivity index (χ1n) is 5.88. The van der Waals surface area contributed by atoms with Crippen LogP contribution in [0.2, 0.25) is 0 Å². The summed E-state index contributed by atoms with van der Waals surface area (Å²) in [7, 11) is 0. The highest BCUT2D eigenvalue weighted by atomic mass is 16.1. The number of nitrogens with two attached hydrogens (primary N) is 2. The summed E-state index contributed by atoms with van der Waals surface area (Å²) in [5, 5.41) is 3.28. The van der Waals surface area contributed by atoms with Crippen molar-refractivity contribution in [1.29, 1.82) is 0 Å². The lowest BCUT2D eigenvalue weighted by Crippen LogP contribution is -2.21. The highest BCUT2D eigenvalue weighted by molar-refractivity contribution is 5.98. The van der Waals surface area contributed by atoms with Crippen molar-refractivity contribution in [2.45, 2.75) is 32.2 Å². The molecule has 0 aliphatic heterocycles. The van der Waals surface area contributed by atoms with E-state index in [9.17, 15) is 4.79 Å². The van der Waals surface area contributed by atoms with E-state index in [1.807, 2.05) is 0 Å². The Morgan fingerprint density at radius 2 is 2.29 bits per heavy atom. The lowest BCUT2D eigenvalue weighted by molar-refractivity contribution is 0.100. The van der Waals surface area contributed by atoms with Crippen LogP contribution in [0.1, 0.15) is 36.5 Å². The number of hydrogen-bond acceptors (Lipinski definition) is 4. The van der Waals surface area contributed by atoms with Crippen LogP contribution < -0.4 is 16.8 Å². The van der Waals surface area contributed by atoms with Crippen molar-refractivity contribution >= 4 is 17.4 Å². The fraction of sp³-hybridized carbons (Fsp3) is 0.500. The molecule has 1 amide bonds. The van der Waals surface area contributed by atoms with E-state index in [1.54, 1.807) is 6.07 Å². The van der Waals surface area contributed by atoms with Crippen molar-refractivity contribution in [3.63, 3.8) is 0 Å². The molecule has 0 bridgehead atoms. The standard InChI is InChI=1S/C12H18N4O/c1-7-2-3-9(4-7)16-12-10(11(14)17)5-8(13)6-15-12/h5-7,9H,2-4,13H2,1H3,(H2,14,17)(H,15,16). The average Bonchev–Trinajstić information content (AvgIpc) is 2.66. The Bertz CT molecular complexity index is 433. The van der Waals surface area contributed by atoms with Gasteiger partial charge in [-0.1, -0.05) is 6.92 Å². The van der Waals surface area contributed by atoms with E-state index in [0.29, 0.717) is 23.1 Å². The third kappa shape index (κ3) is 2.67. The summed E-state index contributed by atoms with van der Waals surface area (Å²) in [6.07, 6.45) is 4.95. The highest BCUT2D eigenvalue weighted by Gasteiger charge is 2.22. The van der Waals surface area contributed by atoms with Crippen LogP contribution in [0.25, 0.3) is 0 Å². The normalized spacial score (nSPS) is 23.6. The van der Waals surface area contributed by atoms with Crippen LogP contribution in [0.15, 0.2) is 12.3 Å². The Balaban J connectivity index is 2.17. The number of nitrogens with one attached hydrogen (secondary N) is 1. The Hall–Kier alpha value is -1.78. The van der Waals surface area contributed by atoms with Gasteiger partial charge < -0.3 is 16.8 Å². The fourth-order valence-corrected chi connectivity index (χ4v) is 2.32. The van der Waals surface area contributed by atoms with Crippen LogP contribution in [-0.4, -0.2) is 16.9 Å². The third-order valence-electron chi connectivity index (χ3n) is 3.21. The minimum Gasteiger partial charge on any atom is -0.397 e. The smallest absolute Gasteiger partial charge is 0.252 e. The highest BCUT2D eigenvalue weighted by Crippen LogP contribution is 2.28. The van der Waals surface area contributed by atoms with Gasteiger partial charge in [0.15, 0.2) is 0 Å². The molecule has 1 aromatic rings. The summed E-state index contributed by atoms with van der Waals surface area (Å²) < 4.78 is 0. The second-order valence-electron chi connectivity index (χ2n) is 4.79. The van der Waals surface area contributed by atoms with Crippen molar-refractivity contribution in [2.24, 2.45) is 11.7 Å². The van der Waals surface area contributed by atoms with Gasteiger partial charge in [-0.25, -0.2) is 4.98 Å². The van der Waals surface area contributed by atoms with Crippen LogP contribution in [0.5, 0.6) is 0 Å². The minimum atomic E-state index is -0.502. The number of anilines is 2. The molecule has 1 heterocycles. The van der Waals surface area contributed by atoms with Gasteiger partial charge in [-0.3, -0.25) is 4.79 Å². The molecule has 0 radical (unpaired) electrons. The van der Waals surface area contributed by atoms with Gasteiger partial charge in [0.1, 0.15) is 5.82 Å². The number of amides is 1. The number of nitrogens with zero attached hydrogens (tertiary/aromatic N) is 1. The van der Waals surface area contributed by atoms with Crippen LogP contribution in [-0.2, 0) is 0 Å². The summed E-state index contributed by atoms with van der Waals surface area (Å²) >= 11 is 0. The molecule has 1 aliphatic rings. The van der Waals surface area contributed by atoms with Crippen molar-refractivity contribution < 1.29 is 4.79 Å². The third-order valence-corrected chi connectivity index (χ3v) is 3.21. The number of nitrogen functional groups attached to an aromatic ring is 1. The number of carbonyl (C=O) groups is 1. The summed E-state index contributed by atoms with van der Waals surface area (Å²) in [5.41, 5.74) is 11.7. The van der Waals surface area contributed by atoms with Gasteiger partial charge >= 0.3 is 0 Å². The molecule has 5 nitrogen and oxygen atoms in total. The second kappa shape index (κ2) is 4.61. The fourth-order valence-electron chi connectivity index (χ4n) is 2.32. The maximum Gasteiger partial charge on any atom is 0.252 e. The van der Waals surface area contributed by atoms with Crippen molar-refractivity contribution in [1.82, 2.24) is 4.98 Å². The zero-order valence-corrected chi connectivity index (χ0v) is 9.94. The molecule has 0 aromatic carbocycles. The first-order chi connectivity index (χ1) is 8.06. The van der Waals surface area contributed by atoms with Gasteiger partial charge in [-0.15, -0.1) is 0 Å². The monoisotopic (exact) mass is 234 g/mol. The molecule has 2 unspecified atom stereocenters. The predicted molar refractivity (Wildman–Crippen MR) is 67.6 cm³/mol. The van der Waals surface area contributed by atoms with E-state index in [0.717, 1.165) is 18.8 Å². The largest absolute Gasteiger partial charge is 0.397 e. The molecule has 1 fully saturated rings. The molecular weight excluding hydrogens is 216 g/mol. The van der Waals surface area contributed by atoms with E-state index in [4.69, 9.17) is 11.5 Å². The summed E-state index contributed by atoms with van der Waals surface area (Å²) in [4.78, 5) is 15.4. The van der Waals surface area contributed by atoms with Crippen molar-refractivity contribution in [2.75, 3.05) is 11.1 Å². The Labute approximate surface area is 101 Å². The minimum absolute atomic E-state index is 0.365. The number of aromatic nitrogens is 1. The topological polar surface area (TPSA) is 94.0 Å². The predicted octanol–water partition coefficient (Wildman–Crippen LogP) is 1.36. The molecule has 1 saturated carbocycles. The lowest BCUT2D eigenvalue weighted by atomic mass is 10.1. The Morgan fingerprint density at radius 3 is 2.88 bits per heavy atom. The zero-order chi connectivity index (χ0) is 12.4. The number of hydrogen-bond donors (Lipinski definition) is 3. The van der Waals surface area contributed by atoms with Gasteiger partial charge in [-0.05, 0) is 31.2 Å².